The van der Waals surface area contributed by atoms with Crippen LogP contribution in [-0.2, 0) is 0 Å². The van der Waals surface area contributed by atoms with Gasteiger partial charge in [0.1, 0.15) is 5.75 Å². The molecule has 5 heteroatoms. The molecule has 0 fully saturated rings. The fourth-order valence-corrected chi connectivity index (χ4v) is 3.44. The number of carbonyl (C=O) groups is 1. The van der Waals surface area contributed by atoms with E-state index in [9.17, 15) is 9.90 Å². The molecule has 0 aliphatic heterocycles. The van der Waals surface area contributed by atoms with E-state index in [1.807, 2.05) is 55.5 Å². The van der Waals surface area contributed by atoms with Gasteiger partial charge in [0, 0.05) is 16.0 Å². The van der Waals surface area contributed by atoms with Crippen molar-refractivity contribution in [2.75, 3.05) is 6.61 Å². The third-order valence-corrected chi connectivity index (χ3v) is 4.92. The molecule has 0 bridgehead atoms. The fraction of sp³-hybridized carbons (Fsp3) is 0.0833. The molecular formula is C24H18ClNO3. The number of aromatic nitrogens is 1. The van der Waals surface area contributed by atoms with Crippen LogP contribution >= 0.6 is 11.6 Å². The molecule has 0 atom stereocenters. The van der Waals surface area contributed by atoms with Crippen LogP contribution in [0.4, 0.5) is 0 Å². The largest absolute Gasteiger partial charge is 0.494 e. The Morgan fingerprint density at radius 2 is 1.55 bits per heavy atom. The molecule has 1 N–H and O–H groups in total. The number of fused-ring (bicyclic) bond motifs is 1. The van der Waals surface area contributed by atoms with Crippen molar-refractivity contribution < 1.29 is 14.6 Å². The number of rotatable bonds is 5. The number of aromatic carboxylic acids is 1. The third kappa shape index (κ3) is 3.93. The number of hydrogen-bond acceptors (Lipinski definition) is 3. The monoisotopic (exact) mass is 403 g/mol. The van der Waals surface area contributed by atoms with Crippen LogP contribution in [0.5, 0.6) is 5.75 Å². The Kier molecular flexibility index (Phi) is 5.19. The van der Waals surface area contributed by atoms with Gasteiger partial charge in [0.25, 0.3) is 0 Å². The second-order valence-corrected chi connectivity index (χ2v) is 6.99. The summed E-state index contributed by atoms with van der Waals surface area (Å²) in [4.78, 5) is 16.4. The summed E-state index contributed by atoms with van der Waals surface area (Å²) >= 11 is 6.03. The van der Waals surface area contributed by atoms with Crippen LogP contribution in [-0.4, -0.2) is 22.7 Å². The van der Waals surface area contributed by atoms with Gasteiger partial charge in [-0.05, 0) is 54.4 Å². The number of hydrogen-bond donors (Lipinski definition) is 1. The number of nitrogens with zero attached hydrogens (tertiary/aromatic N) is 1. The van der Waals surface area contributed by atoms with Gasteiger partial charge in [-0.25, -0.2) is 9.78 Å². The molecule has 3 aromatic carbocycles. The maximum atomic E-state index is 11.7. The lowest BCUT2D eigenvalue weighted by Crippen LogP contribution is -2.00. The summed E-state index contributed by atoms with van der Waals surface area (Å²) < 4.78 is 5.48. The Labute approximate surface area is 173 Å². The molecular weight excluding hydrogens is 386 g/mol. The highest BCUT2D eigenvalue weighted by atomic mass is 35.5. The molecule has 0 saturated heterocycles. The van der Waals surface area contributed by atoms with Gasteiger partial charge in [0.15, 0.2) is 0 Å². The first-order chi connectivity index (χ1) is 14.0. The number of benzene rings is 3. The minimum Gasteiger partial charge on any atom is -0.494 e. The maximum absolute atomic E-state index is 11.7. The van der Waals surface area contributed by atoms with Crippen molar-refractivity contribution >= 4 is 28.5 Å². The van der Waals surface area contributed by atoms with Gasteiger partial charge in [-0.1, -0.05) is 48.0 Å². The standard InChI is InChI=1S/C24H18ClNO3/c1-2-29-19-10-7-16(8-11-19)15-3-5-17(6-4-15)23-14-21(24(27)28)20-13-18(25)9-12-22(20)26-23/h3-14H,2H2,1H3,(H,27,28). The lowest BCUT2D eigenvalue weighted by molar-refractivity contribution is 0.0699. The molecule has 1 heterocycles. The lowest BCUT2D eigenvalue weighted by atomic mass is 10.0. The lowest BCUT2D eigenvalue weighted by Gasteiger charge is -2.09. The van der Waals surface area contributed by atoms with Crippen LogP contribution in [0.15, 0.2) is 72.8 Å². The van der Waals surface area contributed by atoms with Crippen molar-refractivity contribution in [3.63, 3.8) is 0 Å². The quantitative estimate of drug-likeness (QED) is 0.423. The Morgan fingerprint density at radius 1 is 0.931 bits per heavy atom. The highest BCUT2D eigenvalue weighted by molar-refractivity contribution is 6.31. The van der Waals surface area contributed by atoms with Crippen molar-refractivity contribution in [2.24, 2.45) is 0 Å². The van der Waals surface area contributed by atoms with E-state index in [2.05, 4.69) is 4.98 Å². The molecule has 0 aliphatic rings. The Bertz CT molecular complexity index is 1190. The summed E-state index contributed by atoms with van der Waals surface area (Å²) in [6.45, 7) is 2.59. The van der Waals surface area contributed by atoms with Gasteiger partial charge in [-0.3, -0.25) is 0 Å². The second-order valence-electron chi connectivity index (χ2n) is 6.56. The average molecular weight is 404 g/mol. The maximum Gasteiger partial charge on any atom is 0.336 e. The number of pyridine rings is 1. The Hall–Kier alpha value is -3.37. The zero-order chi connectivity index (χ0) is 20.4. The summed E-state index contributed by atoms with van der Waals surface area (Å²) in [6, 6.07) is 22.5. The van der Waals surface area contributed by atoms with E-state index in [4.69, 9.17) is 16.3 Å². The summed E-state index contributed by atoms with van der Waals surface area (Å²) in [5, 5.41) is 10.6. The minimum atomic E-state index is -1.01. The SMILES string of the molecule is CCOc1ccc(-c2ccc(-c3cc(C(=O)O)c4cc(Cl)ccc4n3)cc2)cc1. The fourth-order valence-electron chi connectivity index (χ4n) is 3.27. The first-order valence-electron chi connectivity index (χ1n) is 9.22. The molecule has 144 valence electrons. The predicted molar refractivity (Wildman–Crippen MR) is 116 cm³/mol. The summed E-state index contributed by atoms with van der Waals surface area (Å²) in [6.07, 6.45) is 0. The Balaban J connectivity index is 1.71. The van der Waals surface area contributed by atoms with Gasteiger partial charge in [-0.15, -0.1) is 0 Å². The zero-order valence-corrected chi connectivity index (χ0v) is 16.5. The van der Waals surface area contributed by atoms with E-state index in [1.54, 1.807) is 24.3 Å². The minimum absolute atomic E-state index is 0.183. The van der Waals surface area contributed by atoms with E-state index in [0.29, 0.717) is 28.2 Å². The van der Waals surface area contributed by atoms with Crippen LogP contribution in [0.1, 0.15) is 17.3 Å². The Morgan fingerprint density at radius 3 is 2.17 bits per heavy atom. The van der Waals surface area contributed by atoms with Crippen molar-refractivity contribution in [3.8, 4) is 28.1 Å². The summed E-state index contributed by atoms with van der Waals surface area (Å²) in [7, 11) is 0. The van der Waals surface area contributed by atoms with E-state index in [1.165, 1.54) is 0 Å². The van der Waals surface area contributed by atoms with E-state index in [-0.39, 0.29) is 5.56 Å². The molecule has 0 aliphatic carbocycles. The van der Waals surface area contributed by atoms with Crippen molar-refractivity contribution in [1.82, 2.24) is 4.98 Å². The van der Waals surface area contributed by atoms with Crippen LogP contribution in [0, 0.1) is 0 Å². The van der Waals surface area contributed by atoms with Crippen LogP contribution in [0.2, 0.25) is 5.02 Å². The highest BCUT2D eigenvalue weighted by Crippen LogP contribution is 2.29. The van der Waals surface area contributed by atoms with E-state index < -0.39 is 5.97 Å². The molecule has 29 heavy (non-hydrogen) atoms. The van der Waals surface area contributed by atoms with Gasteiger partial charge < -0.3 is 9.84 Å². The number of ether oxygens (including phenoxy) is 1. The second kappa shape index (κ2) is 7.94. The predicted octanol–water partition coefficient (Wildman–Crippen LogP) is 6.32. The molecule has 1 aromatic heterocycles. The molecule has 4 rings (SSSR count). The summed E-state index contributed by atoms with van der Waals surface area (Å²) in [5.74, 6) is -0.165. The van der Waals surface area contributed by atoms with Crippen molar-refractivity contribution in [2.45, 2.75) is 6.92 Å². The van der Waals surface area contributed by atoms with Crippen molar-refractivity contribution in [1.29, 1.82) is 0 Å². The van der Waals surface area contributed by atoms with Crippen LogP contribution < -0.4 is 4.74 Å². The first-order valence-corrected chi connectivity index (χ1v) is 9.60. The van der Waals surface area contributed by atoms with Crippen LogP contribution in [0.3, 0.4) is 0 Å². The number of carboxylic acids is 1. The number of halogens is 1. The zero-order valence-electron chi connectivity index (χ0n) is 15.7. The first kappa shape index (κ1) is 19.0. The van der Waals surface area contributed by atoms with Gasteiger partial charge >= 0.3 is 5.97 Å². The molecule has 0 spiro atoms. The van der Waals surface area contributed by atoms with E-state index in [0.717, 1.165) is 22.4 Å². The normalized spacial score (nSPS) is 10.8. The molecule has 0 saturated carbocycles. The average Bonchev–Trinajstić information content (AvgIpc) is 2.74. The summed E-state index contributed by atoms with van der Waals surface area (Å²) in [5.41, 5.74) is 4.37. The topological polar surface area (TPSA) is 59.4 Å². The van der Waals surface area contributed by atoms with Gasteiger partial charge in [0.2, 0.25) is 0 Å². The molecule has 0 radical (unpaired) electrons. The van der Waals surface area contributed by atoms with Gasteiger partial charge in [-0.2, -0.15) is 0 Å². The van der Waals surface area contributed by atoms with Crippen LogP contribution in [0.25, 0.3) is 33.3 Å². The van der Waals surface area contributed by atoms with Crippen molar-refractivity contribution in [3.05, 3.63) is 83.4 Å². The number of carboxylic acid groups (broad SMARTS) is 1. The highest BCUT2D eigenvalue weighted by Gasteiger charge is 2.13. The molecule has 0 amide bonds. The molecule has 4 aromatic rings. The van der Waals surface area contributed by atoms with E-state index >= 15 is 0 Å². The van der Waals surface area contributed by atoms with Gasteiger partial charge in [0.05, 0.1) is 23.4 Å². The molecule has 4 nitrogen and oxygen atoms in total. The third-order valence-electron chi connectivity index (χ3n) is 4.68. The smallest absolute Gasteiger partial charge is 0.336 e. The molecule has 0 unspecified atom stereocenters.